The van der Waals surface area contributed by atoms with Crippen LogP contribution < -0.4 is 5.32 Å². The zero-order valence-corrected chi connectivity index (χ0v) is 20.6. The molecule has 6 heteroatoms. The molecule has 3 aliphatic rings. The molecule has 0 aromatic heterocycles. The van der Waals surface area contributed by atoms with Gasteiger partial charge in [-0.3, -0.25) is 4.79 Å². The van der Waals surface area contributed by atoms with Crippen LogP contribution in [0.3, 0.4) is 0 Å². The topological polar surface area (TPSA) is 72.9 Å². The molecule has 33 heavy (non-hydrogen) atoms. The molecule has 0 bridgehead atoms. The molecular weight excluding hydrogens is 414 g/mol. The Morgan fingerprint density at radius 3 is 2.33 bits per heavy atom. The number of β-amino-alcohol motifs (C(OH)–C–C–N with tert-alkyl or cyclic N) is 1. The smallest absolute Gasteiger partial charge is 0.321 e. The van der Waals surface area contributed by atoms with E-state index in [-0.39, 0.29) is 29.4 Å². The monoisotopic (exact) mass is 455 g/mol. The third-order valence-electron chi connectivity index (χ3n) is 8.87. The number of nitrogens with zero attached hydrogens (tertiary/aromatic N) is 2. The second-order valence-corrected chi connectivity index (χ2v) is 11.1. The van der Waals surface area contributed by atoms with Gasteiger partial charge in [-0.2, -0.15) is 0 Å². The van der Waals surface area contributed by atoms with Crippen molar-refractivity contribution in [2.24, 2.45) is 5.92 Å². The Morgan fingerprint density at radius 1 is 1.12 bits per heavy atom. The van der Waals surface area contributed by atoms with E-state index in [1.165, 1.54) is 5.56 Å². The molecule has 0 radical (unpaired) electrons. The number of hydrogen-bond acceptors (Lipinski definition) is 3. The third kappa shape index (κ3) is 4.64. The number of aliphatic hydroxyl groups is 1. The van der Waals surface area contributed by atoms with Crippen LogP contribution in [0.15, 0.2) is 30.3 Å². The molecule has 6 nitrogen and oxygen atoms in total. The van der Waals surface area contributed by atoms with Gasteiger partial charge < -0.3 is 20.2 Å². The summed E-state index contributed by atoms with van der Waals surface area (Å²) in [4.78, 5) is 29.2. The molecule has 2 aliphatic carbocycles. The Balaban J connectivity index is 1.60. The Labute approximate surface area is 198 Å². The first kappa shape index (κ1) is 24.1. The van der Waals surface area contributed by atoms with Gasteiger partial charge in [0.05, 0.1) is 17.7 Å². The molecule has 1 atom stereocenters. The van der Waals surface area contributed by atoms with E-state index in [4.69, 9.17) is 0 Å². The summed E-state index contributed by atoms with van der Waals surface area (Å²) in [6, 6.07) is 10.8. The fourth-order valence-electron chi connectivity index (χ4n) is 6.37. The summed E-state index contributed by atoms with van der Waals surface area (Å²) >= 11 is 0. The number of amides is 3. The maximum absolute atomic E-state index is 13.5. The van der Waals surface area contributed by atoms with E-state index < -0.39 is 5.60 Å². The second kappa shape index (κ2) is 9.28. The first-order valence-corrected chi connectivity index (χ1v) is 12.8. The molecule has 1 aromatic rings. The fourth-order valence-corrected chi connectivity index (χ4v) is 6.37. The van der Waals surface area contributed by atoms with Crippen LogP contribution in [-0.2, 0) is 10.2 Å². The van der Waals surface area contributed by atoms with Gasteiger partial charge in [-0.1, -0.05) is 50.6 Å². The highest BCUT2D eigenvalue weighted by molar-refractivity contribution is 5.85. The van der Waals surface area contributed by atoms with Crippen LogP contribution in [-0.4, -0.2) is 64.7 Å². The number of benzene rings is 1. The number of carbonyl (C=O) groups is 2. The molecule has 182 valence electrons. The lowest BCUT2D eigenvalue weighted by atomic mass is 9.60. The van der Waals surface area contributed by atoms with E-state index in [0.29, 0.717) is 19.0 Å². The molecule has 1 aromatic carbocycles. The Kier molecular flexibility index (Phi) is 6.77. The summed E-state index contributed by atoms with van der Waals surface area (Å²) in [7, 11) is 1.61. The van der Waals surface area contributed by atoms with Crippen molar-refractivity contribution in [1.29, 1.82) is 0 Å². The quantitative estimate of drug-likeness (QED) is 0.621. The first-order chi connectivity index (χ1) is 15.7. The van der Waals surface area contributed by atoms with Gasteiger partial charge in [0, 0.05) is 13.6 Å². The maximum Gasteiger partial charge on any atom is 0.321 e. The lowest BCUT2D eigenvalue weighted by Crippen LogP contribution is -2.58. The summed E-state index contributed by atoms with van der Waals surface area (Å²) in [6.07, 6.45) is 8.71. The average molecular weight is 456 g/mol. The van der Waals surface area contributed by atoms with Crippen LogP contribution in [0.25, 0.3) is 0 Å². The van der Waals surface area contributed by atoms with E-state index in [1.807, 2.05) is 4.90 Å². The van der Waals surface area contributed by atoms with Crippen molar-refractivity contribution >= 4 is 11.9 Å². The molecule has 1 spiro atoms. The summed E-state index contributed by atoms with van der Waals surface area (Å²) in [5.41, 5.74) is 0.467. The molecule has 1 heterocycles. The highest BCUT2D eigenvalue weighted by atomic mass is 16.3. The Morgan fingerprint density at radius 2 is 1.79 bits per heavy atom. The minimum absolute atomic E-state index is 0.0860. The van der Waals surface area contributed by atoms with Gasteiger partial charge in [-0.25, -0.2) is 4.79 Å². The van der Waals surface area contributed by atoms with Gasteiger partial charge in [0.25, 0.3) is 0 Å². The number of rotatable bonds is 8. The molecule has 2 N–H and O–H groups in total. The van der Waals surface area contributed by atoms with Crippen LogP contribution in [0.2, 0.25) is 0 Å². The lowest BCUT2D eigenvalue weighted by Gasteiger charge is -2.51. The number of likely N-dealkylation sites (N-methyl/N-ethyl adjacent to an activating group) is 1. The third-order valence-corrected chi connectivity index (χ3v) is 8.87. The molecule has 2 saturated carbocycles. The van der Waals surface area contributed by atoms with Crippen molar-refractivity contribution in [3.05, 3.63) is 35.9 Å². The molecule has 3 amide bonds. The standard InChI is InChI=1S/C27H41N3O3/c1-4-21(2)17-25(22-9-6-5-7-10-22)13-15-26(16-14-25)19-29(18-23(31)28-3)24(32)30(26)20-27(33)11-8-12-27/h5-7,9-10,21,33H,4,8,11-20H2,1-3H3,(H,28,31). The van der Waals surface area contributed by atoms with E-state index in [0.717, 1.165) is 57.8 Å². The van der Waals surface area contributed by atoms with Gasteiger partial charge in [-0.05, 0) is 68.3 Å². The summed E-state index contributed by atoms with van der Waals surface area (Å²) in [5.74, 6) is 0.495. The fraction of sp³-hybridized carbons (Fsp3) is 0.704. The molecule has 1 aliphatic heterocycles. The SMILES string of the molecule is CCC(C)CC1(c2ccccc2)CCC2(CC1)CN(CC(=O)NC)C(=O)N2CC1(O)CCC1. The van der Waals surface area contributed by atoms with Gasteiger partial charge >= 0.3 is 6.03 Å². The van der Waals surface area contributed by atoms with Crippen molar-refractivity contribution in [2.45, 2.75) is 88.2 Å². The van der Waals surface area contributed by atoms with Crippen LogP contribution in [0.5, 0.6) is 0 Å². The number of carbonyl (C=O) groups excluding carboxylic acids is 2. The largest absolute Gasteiger partial charge is 0.388 e. The van der Waals surface area contributed by atoms with Crippen LogP contribution in [0.1, 0.15) is 77.2 Å². The van der Waals surface area contributed by atoms with Crippen LogP contribution in [0.4, 0.5) is 4.79 Å². The van der Waals surface area contributed by atoms with Gasteiger partial charge in [-0.15, -0.1) is 0 Å². The van der Waals surface area contributed by atoms with E-state index in [9.17, 15) is 14.7 Å². The van der Waals surface area contributed by atoms with E-state index >= 15 is 0 Å². The zero-order chi connectivity index (χ0) is 23.7. The van der Waals surface area contributed by atoms with Crippen molar-refractivity contribution in [2.75, 3.05) is 26.7 Å². The first-order valence-electron chi connectivity index (χ1n) is 12.8. The van der Waals surface area contributed by atoms with E-state index in [1.54, 1.807) is 11.9 Å². The predicted octanol–water partition coefficient (Wildman–Crippen LogP) is 4.07. The Bertz CT molecular complexity index is 843. The molecule has 3 fully saturated rings. The second-order valence-electron chi connectivity index (χ2n) is 11.1. The molecule has 1 saturated heterocycles. The minimum Gasteiger partial charge on any atom is -0.388 e. The number of nitrogens with one attached hydrogen (secondary N) is 1. The summed E-state index contributed by atoms with van der Waals surface area (Å²) in [6.45, 7) is 5.66. The number of hydrogen-bond donors (Lipinski definition) is 2. The lowest BCUT2D eigenvalue weighted by molar-refractivity contribution is -0.121. The minimum atomic E-state index is -0.767. The molecule has 4 rings (SSSR count). The van der Waals surface area contributed by atoms with Crippen molar-refractivity contribution in [1.82, 2.24) is 15.1 Å². The van der Waals surface area contributed by atoms with Gasteiger partial charge in [0.15, 0.2) is 0 Å². The van der Waals surface area contributed by atoms with E-state index in [2.05, 4.69) is 49.5 Å². The highest BCUT2D eigenvalue weighted by Gasteiger charge is 2.56. The summed E-state index contributed by atoms with van der Waals surface area (Å²) in [5, 5.41) is 13.6. The number of urea groups is 1. The molecular formula is C27H41N3O3. The van der Waals surface area contributed by atoms with Gasteiger partial charge in [0.1, 0.15) is 6.54 Å². The highest BCUT2D eigenvalue weighted by Crippen LogP contribution is 2.51. The maximum atomic E-state index is 13.5. The summed E-state index contributed by atoms with van der Waals surface area (Å²) < 4.78 is 0. The van der Waals surface area contributed by atoms with Crippen molar-refractivity contribution in [3.8, 4) is 0 Å². The average Bonchev–Trinajstić information content (AvgIpc) is 3.05. The zero-order valence-electron chi connectivity index (χ0n) is 20.6. The van der Waals surface area contributed by atoms with Crippen molar-refractivity contribution < 1.29 is 14.7 Å². The Hall–Kier alpha value is -2.08. The normalized spacial score (nSPS) is 29.8. The van der Waals surface area contributed by atoms with Gasteiger partial charge in [0.2, 0.25) is 5.91 Å². The van der Waals surface area contributed by atoms with Crippen LogP contribution in [0, 0.1) is 5.92 Å². The van der Waals surface area contributed by atoms with Crippen molar-refractivity contribution in [3.63, 3.8) is 0 Å². The predicted molar refractivity (Wildman–Crippen MR) is 130 cm³/mol. The van der Waals surface area contributed by atoms with Crippen LogP contribution >= 0.6 is 0 Å². The molecule has 1 unspecified atom stereocenters.